The number of hydrogen-bond donors (Lipinski definition) is 0. The van der Waals surface area contributed by atoms with Crippen LogP contribution in [-0.2, 0) is 11.3 Å². The molecule has 2 aromatic rings. The Labute approximate surface area is 115 Å². The molecule has 0 atom stereocenters. The van der Waals surface area contributed by atoms with Crippen molar-refractivity contribution in [1.29, 1.82) is 0 Å². The third kappa shape index (κ3) is 2.53. The van der Waals surface area contributed by atoms with Gasteiger partial charge in [-0.2, -0.15) is 0 Å². The highest BCUT2D eigenvalue weighted by atomic mass is 32.1. The van der Waals surface area contributed by atoms with Gasteiger partial charge in [-0.25, -0.2) is 4.98 Å². The Kier molecular flexibility index (Phi) is 3.71. The second-order valence-electron chi connectivity index (χ2n) is 4.87. The second kappa shape index (κ2) is 5.13. The Morgan fingerprint density at radius 2 is 2.21 bits per heavy atom. The molecule has 2 heterocycles. The molecular weight excluding hydrogens is 262 g/mol. The normalized spacial score (nSPS) is 11.2. The Morgan fingerprint density at radius 3 is 2.84 bits per heavy atom. The largest absolute Gasteiger partial charge is 0.342 e. The van der Waals surface area contributed by atoms with Gasteiger partial charge in [0.2, 0.25) is 5.91 Å². The number of fused-ring (bicyclic) bond motifs is 1. The number of carbonyl (C=O) groups is 1. The van der Waals surface area contributed by atoms with Crippen molar-refractivity contribution < 1.29 is 4.79 Å². The minimum absolute atomic E-state index is 0.0351. The number of amides is 1. The van der Waals surface area contributed by atoms with Gasteiger partial charge in [0.1, 0.15) is 11.2 Å². The fourth-order valence-corrected chi connectivity index (χ4v) is 2.67. The molecule has 0 radical (unpaired) electrons. The summed E-state index contributed by atoms with van der Waals surface area (Å²) in [5, 5.41) is 1.91. The predicted octanol–water partition coefficient (Wildman–Crippen LogP) is 1.63. The Morgan fingerprint density at radius 1 is 1.53 bits per heavy atom. The van der Waals surface area contributed by atoms with Gasteiger partial charge < -0.3 is 4.90 Å². The van der Waals surface area contributed by atoms with Gasteiger partial charge in [-0.3, -0.25) is 14.2 Å². The van der Waals surface area contributed by atoms with E-state index in [0.717, 1.165) is 11.1 Å². The number of likely N-dealkylation sites (N-methyl/N-ethyl adjacent to an activating group) is 1. The van der Waals surface area contributed by atoms with E-state index in [1.54, 1.807) is 11.9 Å². The molecule has 0 fully saturated rings. The molecule has 2 aromatic heterocycles. The van der Waals surface area contributed by atoms with Crippen molar-refractivity contribution in [3.05, 3.63) is 27.6 Å². The molecule has 19 heavy (non-hydrogen) atoms. The first-order chi connectivity index (χ1) is 8.91. The lowest BCUT2D eigenvalue weighted by molar-refractivity contribution is -0.132. The van der Waals surface area contributed by atoms with E-state index >= 15 is 0 Å². The third-order valence-corrected chi connectivity index (χ3v) is 4.27. The SMILES string of the molecule is Cc1csc2c(=O)n(CC(=O)N(C)C(C)C)cnc12. The summed E-state index contributed by atoms with van der Waals surface area (Å²) >= 11 is 1.38. The van der Waals surface area contributed by atoms with Gasteiger partial charge in [-0.1, -0.05) is 0 Å². The maximum atomic E-state index is 12.2. The lowest BCUT2D eigenvalue weighted by Crippen LogP contribution is -2.37. The van der Waals surface area contributed by atoms with E-state index in [-0.39, 0.29) is 24.1 Å². The van der Waals surface area contributed by atoms with Crippen molar-refractivity contribution in [2.24, 2.45) is 0 Å². The molecule has 1 amide bonds. The minimum Gasteiger partial charge on any atom is -0.342 e. The highest BCUT2D eigenvalue weighted by Crippen LogP contribution is 2.19. The third-order valence-electron chi connectivity index (χ3n) is 3.20. The van der Waals surface area contributed by atoms with Gasteiger partial charge in [-0.15, -0.1) is 11.3 Å². The molecule has 0 spiro atoms. The van der Waals surface area contributed by atoms with E-state index in [9.17, 15) is 9.59 Å². The zero-order chi connectivity index (χ0) is 14.2. The summed E-state index contributed by atoms with van der Waals surface area (Å²) in [6.07, 6.45) is 1.45. The number of thiophene rings is 1. The fourth-order valence-electron chi connectivity index (χ4n) is 1.72. The van der Waals surface area contributed by atoms with Crippen molar-refractivity contribution >= 4 is 27.5 Å². The van der Waals surface area contributed by atoms with E-state index in [1.165, 1.54) is 22.2 Å². The van der Waals surface area contributed by atoms with E-state index < -0.39 is 0 Å². The van der Waals surface area contributed by atoms with Crippen LogP contribution in [0.5, 0.6) is 0 Å². The molecule has 2 rings (SSSR count). The van der Waals surface area contributed by atoms with E-state index in [4.69, 9.17) is 0 Å². The van der Waals surface area contributed by atoms with Gasteiger partial charge in [0, 0.05) is 13.1 Å². The summed E-state index contributed by atoms with van der Waals surface area (Å²) < 4.78 is 1.99. The maximum Gasteiger partial charge on any atom is 0.271 e. The average Bonchev–Trinajstić information content (AvgIpc) is 2.74. The standard InChI is InChI=1S/C13H17N3O2S/c1-8(2)15(4)10(17)5-16-7-14-11-9(3)6-19-12(11)13(16)18/h6-8H,5H2,1-4H3. The zero-order valence-corrected chi connectivity index (χ0v) is 12.3. The fraction of sp³-hybridized carbons (Fsp3) is 0.462. The molecule has 0 unspecified atom stereocenters. The first kappa shape index (κ1) is 13.7. The summed E-state index contributed by atoms with van der Waals surface area (Å²) in [5.41, 5.74) is 1.58. The topological polar surface area (TPSA) is 55.2 Å². The zero-order valence-electron chi connectivity index (χ0n) is 11.5. The summed E-state index contributed by atoms with van der Waals surface area (Å²) in [6.45, 7) is 5.83. The minimum atomic E-state index is -0.145. The molecule has 5 nitrogen and oxygen atoms in total. The van der Waals surface area contributed by atoms with Gasteiger partial charge in [-0.05, 0) is 31.7 Å². The van der Waals surface area contributed by atoms with Gasteiger partial charge >= 0.3 is 0 Å². The molecule has 6 heteroatoms. The summed E-state index contributed by atoms with van der Waals surface area (Å²) in [6, 6.07) is 0.115. The van der Waals surface area contributed by atoms with Gasteiger partial charge in [0.25, 0.3) is 5.56 Å². The number of aromatic nitrogens is 2. The molecule has 0 saturated carbocycles. The maximum absolute atomic E-state index is 12.2. The molecule has 0 aromatic carbocycles. The molecule has 0 N–H and O–H groups in total. The van der Waals surface area contributed by atoms with Crippen LogP contribution in [0.4, 0.5) is 0 Å². The molecule has 0 aliphatic rings. The van der Waals surface area contributed by atoms with Crippen LogP contribution in [-0.4, -0.2) is 33.4 Å². The quantitative estimate of drug-likeness (QED) is 0.858. The molecule has 0 aliphatic heterocycles. The molecular formula is C13H17N3O2S. The van der Waals surface area contributed by atoms with Crippen molar-refractivity contribution in [2.75, 3.05) is 7.05 Å². The highest BCUT2D eigenvalue weighted by Gasteiger charge is 2.15. The van der Waals surface area contributed by atoms with E-state index in [2.05, 4.69) is 4.98 Å². The van der Waals surface area contributed by atoms with Crippen LogP contribution in [0.3, 0.4) is 0 Å². The second-order valence-corrected chi connectivity index (χ2v) is 5.75. The number of rotatable bonds is 3. The first-order valence-electron chi connectivity index (χ1n) is 6.10. The van der Waals surface area contributed by atoms with Gasteiger partial charge in [0.15, 0.2) is 0 Å². The number of nitrogens with zero attached hydrogens (tertiary/aromatic N) is 3. The van der Waals surface area contributed by atoms with Crippen molar-refractivity contribution in [2.45, 2.75) is 33.4 Å². The number of carbonyl (C=O) groups excluding carboxylic acids is 1. The van der Waals surface area contributed by atoms with Crippen LogP contribution in [0.25, 0.3) is 10.2 Å². The van der Waals surface area contributed by atoms with Crippen molar-refractivity contribution in [3.8, 4) is 0 Å². The van der Waals surface area contributed by atoms with Crippen LogP contribution in [0.1, 0.15) is 19.4 Å². The average molecular weight is 279 g/mol. The van der Waals surface area contributed by atoms with Crippen molar-refractivity contribution in [1.82, 2.24) is 14.5 Å². The number of aryl methyl sites for hydroxylation is 1. The van der Waals surface area contributed by atoms with Crippen LogP contribution >= 0.6 is 11.3 Å². The summed E-state index contributed by atoms with van der Waals surface area (Å²) in [7, 11) is 1.74. The molecule has 102 valence electrons. The lowest BCUT2D eigenvalue weighted by atomic mass is 10.3. The lowest BCUT2D eigenvalue weighted by Gasteiger charge is -2.21. The summed E-state index contributed by atoms with van der Waals surface area (Å²) in [5.74, 6) is -0.0912. The van der Waals surface area contributed by atoms with Crippen LogP contribution in [0.2, 0.25) is 0 Å². The first-order valence-corrected chi connectivity index (χ1v) is 6.98. The van der Waals surface area contributed by atoms with Crippen LogP contribution < -0.4 is 5.56 Å². The molecule has 0 aliphatic carbocycles. The Bertz CT molecular complexity index is 672. The van der Waals surface area contributed by atoms with Gasteiger partial charge in [0.05, 0.1) is 11.8 Å². The summed E-state index contributed by atoms with van der Waals surface area (Å²) in [4.78, 5) is 30.1. The Hall–Kier alpha value is -1.69. The van der Waals surface area contributed by atoms with E-state index in [0.29, 0.717) is 4.70 Å². The molecule has 0 saturated heterocycles. The van der Waals surface area contributed by atoms with Crippen LogP contribution in [0, 0.1) is 6.92 Å². The van der Waals surface area contributed by atoms with Crippen molar-refractivity contribution in [3.63, 3.8) is 0 Å². The monoisotopic (exact) mass is 279 g/mol. The smallest absolute Gasteiger partial charge is 0.271 e. The Balaban J connectivity index is 2.34. The highest BCUT2D eigenvalue weighted by molar-refractivity contribution is 7.17. The van der Waals surface area contributed by atoms with E-state index in [1.807, 2.05) is 26.2 Å². The molecule has 0 bridgehead atoms. The van der Waals surface area contributed by atoms with Crippen LogP contribution in [0.15, 0.2) is 16.5 Å². The predicted molar refractivity (Wildman–Crippen MR) is 76.5 cm³/mol. The number of hydrogen-bond acceptors (Lipinski definition) is 4.